The minimum Gasteiger partial charge on any atom is -0.326 e. The lowest BCUT2D eigenvalue weighted by Gasteiger charge is -2.23. The molecule has 9 nitrogen and oxygen atoms in total. The summed E-state index contributed by atoms with van der Waals surface area (Å²) in [6.07, 6.45) is 7.00. The van der Waals surface area contributed by atoms with Gasteiger partial charge in [-0.1, -0.05) is 6.08 Å². The Labute approximate surface area is 229 Å². The normalized spacial score (nSPS) is 14.4. The van der Waals surface area contributed by atoms with Gasteiger partial charge in [0.2, 0.25) is 0 Å². The minimum atomic E-state index is -4.01. The van der Waals surface area contributed by atoms with Crippen molar-refractivity contribution < 1.29 is 17.5 Å². The standard InChI is InChI=1S/C29H32N6O3S/c1-4-32-24-14-12-22(20-30)18-26(24)34(6-3)28(32)10-9-11-29-33(5-2)25-15-13-23(21-31)19-27(25)35(29)16-7-8-17-39(36,37)38/h9-15,18-19H,4-8,16-17H2,1-3H3/p+1. The third-order valence-corrected chi connectivity index (χ3v) is 7.76. The van der Waals surface area contributed by atoms with Crippen molar-refractivity contribution in [3.05, 3.63) is 71.3 Å². The van der Waals surface area contributed by atoms with Crippen LogP contribution in [0.3, 0.4) is 0 Å². The molecule has 0 amide bonds. The quantitative estimate of drug-likeness (QED) is 0.225. The topological polar surface area (TPSA) is 117 Å². The van der Waals surface area contributed by atoms with E-state index in [9.17, 15) is 18.9 Å². The van der Waals surface area contributed by atoms with Crippen LogP contribution in [-0.2, 0) is 23.2 Å². The first-order chi connectivity index (χ1) is 18.8. The Kier molecular flexibility index (Phi) is 8.39. The van der Waals surface area contributed by atoms with E-state index in [4.69, 9.17) is 4.55 Å². The number of unbranched alkanes of at least 4 members (excludes halogenated alkanes) is 1. The highest BCUT2D eigenvalue weighted by molar-refractivity contribution is 7.85. The van der Waals surface area contributed by atoms with Crippen molar-refractivity contribution in [1.82, 2.24) is 4.57 Å². The molecule has 0 fully saturated rings. The van der Waals surface area contributed by atoms with Gasteiger partial charge in [0.25, 0.3) is 15.9 Å². The second-order valence-electron chi connectivity index (χ2n) is 9.25. The molecule has 0 bridgehead atoms. The Hall–Kier alpha value is -4.12. The van der Waals surface area contributed by atoms with Crippen molar-refractivity contribution in [2.45, 2.75) is 46.7 Å². The van der Waals surface area contributed by atoms with E-state index >= 15 is 0 Å². The van der Waals surface area contributed by atoms with E-state index < -0.39 is 10.1 Å². The third-order valence-electron chi connectivity index (χ3n) is 6.95. The fourth-order valence-corrected chi connectivity index (χ4v) is 5.80. The lowest BCUT2D eigenvalue weighted by molar-refractivity contribution is -0.670. The summed E-state index contributed by atoms with van der Waals surface area (Å²) in [5, 5.41) is 18.9. The Bertz CT molecular complexity index is 1640. The summed E-state index contributed by atoms with van der Waals surface area (Å²) in [5.74, 6) is 1.67. The lowest BCUT2D eigenvalue weighted by atomic mass is 10.2. The van der Waals surface area contributed by atoms with E-state index in [0.717, 1.165) is 47.1 Å². The molecular formula is C29H33N6O3S+. The van der Waals surface area contributed by atoms with Crippen LogP contribution in [0.5, 0.6) is 0 Å². The summed E-state index contributed by atoms with van der Waals surface area (Å²) >= 11 is 0. The number of imidazole rings is 1. The van der Waals surface area contributed by atoms with Gasteiger partial charge >= 0.3 is 0 Å². The fourth-order valence-electron chi connectivity index (χ4n) is 5.23. The Morgan fingerprint density at radius 2 is 1.62 bits per heavy atom. The van der Waals surface area contributed by atoms with Crippen LogP contribution < -0.4 is 14.4 Å². The predicted octanol–water partition coefficient (Wildman–Crippen LogP) is 4.58. The molecule has 0 radical (unpaired) electrons. The number of aryl methyl sites for hydroxylation is 2. The summed E-state index contributed by atoms with van der Waals surface area (Å²) < 4.78 is 35.8. The van der Waals surface area contributed by atoms with Crippen molar-refractivity contribution in [2.75, 3.05) is 28.6 Å². The first kappa shape index (κ1) is 27.9. The number of rotatable bonds is 10. The SMILES string of the molecule is CCN1C(=CC=Cc2n(CCCCS(=O)(=O)O)c3cc(C#N)ccc3[n+]2CC)N(CC)c2cc(C#N)ccc21. The van der Waals surface area contributed by atoms with E-state index in [-0.39, 0.29) is 5.75 Å². The molecule has 2 aromatic carbocycles. The van der Waals surface area contributed by atoms with E-state index in [2.05, 4.69) is 57.9 Å². The Balaban J connectivity index is 1.75. The van der Waals surface area contributed by atoms with Gasteiger partial charge < -0.3 is 9.80 Å². The number of nitrogens with zero attached hydrogens (tertiary/aromatic N) is 6. The van der Waals surface area contributed by atoms with Gasteiger partial charge in [0.15, 0.2) is 11.0 Å². The van der Waals surface area contributed by atoms with Gasteiger partial charge in [-0.25, -0.2) is 9.13 Å². The molecule has 0 saturated carbocycles. The number of anilines is 2. The number of hydrogen-bond donors (Lipinski definition) is 1. The molecule has 1 aliphatic rings. The van der Waals surface area contributed by atoms with Crippen LogP contribution in [0, 0.1) is 22.7 Å². The summed E-state index contributed by atoms with van der Waals surface area (Å²) in [6, 6.07) is 15.8. The van der Waals surface area contributed by atoms with Crippen LogP contribution in [-0.4, -0.2) is 36.4 Å². The molecular weight excluding hydrogens is 512 g/mol. The Morgan fingerprint density at radius 3 is 2.26 bits per heavy atom. The summed E-state index contributed by atoms with van der Waals surface area (Å²) in [6.45, 7) is 9.01. The van der Waals surface area contributed by atoms with Gasteiger partial charge in [0, 0.05) is 25.2 Å². The van der Waals surface area contributed by atoms with Crippen molar-refractivity contribution in [3.63, 3.8) is 0 Å². The Morgan fingerprint density at radius 1 is 0.949 bits per heavy atom. The molecule has 0 aliphatic carbocycles. The summed E-state index contributed by atoms with van der Waals surface area (Å²) in [7, 11) is -4.01. The molecule has 4 rings (SSSR count). The van der Waals surface area contributed by atoms with Gasteiger partial charge in [0.05, 0.1) is 53.5 Å². The molecule has 0 unspecified atom stereocenters. The molecule has 1 aliphatic heterocycles. The van der Waals surface area contributed by atoms with Crippen LogP contribution >= 0.6 is 0 Å². The second-order valence-corrected chi connectivity index (χ2v) is 10.8. The molecule has 1 N–H and O–H groups in total. The highest BCUT2D eigenvalue weighted by Gasteiger charge is 2.29. The first-order valence-corrected chi connectivity index (χ1v) is 14.8. The molecule has 10 heteroatoms. The number of fused-ring (bicyclic) bond motifs is 2. The number of allylic oxidation sites excluding steroid dienone is 2. The van der Waals surface area contributed by atoms with Gasteiger partial charge in [0.1, 0.15) is 5.82 Å². The summed E-state index contributed by atoms with van der Waals surface area (Å²) in [5.41, 5.74) is 5.15. The van der Waals surface area contributed by atoms with Gasteiger partial charge in [-0.2, -0.15) is 18.9 Å². The van der Waals surface area contributed by atoms with E-state index in [1.54, 1.807) is 6.07 Å². The highest BCUT2D eigenvalue weighted by atomic mass is 32.2. The van der Waals surface area contributed by atoms with Crippen LogP contribution in [0.25, 0.3) is 17.1 Å². The van der Waals surface area contributed by atoms with Gasteiger partial charge in [-0.3, -0.25) is 4.55 Å². The molecule has 202 valence electrons. The largest absolute Gasteiger partial charge is 0.326 e. The van der Waals surface area contributed by atoms with Crippen LogP contribution in [0.15, 0.2) is 54.4 Å². The number of aromatic nitrogens is 2. The van der Waals surface area contributed by atoms with Gasteiger partial charge in [-0.15, -0.1) is 0 Å². The zero-order valence-corrected chi connectivity index (χ0v) is 23.3. The maximum atomic E-state index is 11.2. The van der Waals surface area contributed by atoms with Crippen LogP contribution in [0.1, 0.15) is 50.6 Å². The number of benzene rings is 2. The molecule has 0 atom stereocenters. The first-order valence-electron chi connectivity index (χ1n) is 13.1. The molecule has 1 aromatic heterocycles. The number of hydrogen-bond acceptors (Lipinski definition) is 6. The minimum absolute atomic E-state index is 0.283. The highest BCUT2D eigenvalue weighted by Crippen LogP contribution is 2.41. The van der Waals surface area contributed by atoms with Crippen LogP contribution in [0.2, 0.25) is 0 Å². The van der Waals surface area contributed by atoms with E-state index in [0.29, 0.717) is 37.1 Å². The smallest absolute Gasteiger partial charge is 0.282 e. The molecule has 0 spiro atoms. The maximum absolute atomic E-state index is 11.2. The predicted molar refractivity (Wildman–Crippen MR) is 152 cm³/mol. The monoisotopic (exact) mass is 545 g/mol. The average molecular weight is 546 g/mol. The number of nitriles is 2. The van der Waals surface area contributed by atoms with Crippen molar-refractivity contribution in [3.8, 4) is 12.1 Å². The van der Waals surface area contributed by atoms with E-state index in [1.165, 1.54) is 0 Å². The lowest BCUT2D eigenvalue weighted by Crippen LogP contribution is -2.35. The van der Waals surface area contributed by atoms with E-state index in [1.807, 2.05) is 42.5 Å². The van der Waals surface area contributed by atoms with Crippen molar-refractivity contribution >= 4 is 38.6 Å². The third kappa shape index (κ3) is 5.68. The zero-order valence-electron chi connectivity index (χ0n) is 22.5. The van der Waals surface area contributed by atoms with Crippen molar-refractivity contribution in [1.29, 1.82) is 10.5 Å². The van der Waals surface area contributed by atoms with Gasteiger partial charge in [-0.05, 0) is 70.0 Å². The zero-order chi connectivity index (χ0) is 28.2. The summed E-state index contributed by atoms with van der Waals surface area (Å²) in [4.78, 5) is 4.42. The molecule has 2 heterocycles. The molecule has 39 heavy (non-hydrogen) atoms. The molecule has 0 saturated heterocycles. The fraction of sp³-hybridized carbons (Fsp3) is 0.345. The van der Waals surface area contributed by atoms with Crippen LogP contribution in [0.4, 0.5) is 11.4 Å². The average Bonchev–Trinajstić information content (AvgIpc) is 3.40. The maximum Gasteiger partial charge on any atom is 0.282 e. The molecule has 3 aromatic rings. The van der Waals surface area contributed by atoms with Crippen molar-refractivity contribution in [2.24, 2.45) is 0 Å². The second kappa shape index (κ2) is 11.7.